The minimum absolute atomic E-state index is 0.0407. The molecule has 3 atom stereocenters. The number of terminal acetylenes is 1. The van der Waals surface area contributed by atoms with Gasteiger partial charge in [0.15, 0.2) is 0 Å². The number of unbranched alkanes of at least 4 members (excludes halogenated alkanes) is 1. The summed E-state index contributed by atoms with van der Waals surface area (Å²) in [6.07, 6.45) is 7.69. The number of nitrogens with one attached hydrogen (secondary N) is 2. The Morgan fingerprint density at radius 2 is 1.68 bits per heavy atom. The number of hydrogen-bond acceptors (Lipinski definition) is 5. The lowest BCUT2D eigenvalue weighted by Gasteiger charge is -2.39. The van der Waals surface area contributed by atoms with Crippen molar-refractivity contribution in [2.24, 2.45) is 11.7 Å². The van der Waals surface area contributed by atoms with Crippen LogP contribution in [0.1, 0.15) is 104 Å². The quantitative estimate of drug-likeness (QED) is 0.217. The molecule has 0 saturated heterocycles. The zero-order chi connectivity index (χ0) is 30.5. The van der Waals surface area contributed by atoms with Crippen LogP contribution in [0.3, 0.4) is 0 Å². The minimum Gasteiger partial charge on any atom is -0.444 e. The summed E-state index contributed by atoms with van der Waals surface area (Å²) in [5, 5.41) is 5.59. The van der Waals surface area contributed by atoms with Gasteiger partial charge in [0, 0.05) is 24.6 Å². The summed E-state index contributed by atoms with van der Waals surface area (Å²) in [7, 11) is 0. The SMILES string of the molecule is C#Cc1ccc(C(C(=O)NCCCC)N(C(=O)C(CCC(N)=O)NC(=O)OC(C)(C)C)C(C)CCC(C)C)cc1. The first-order valence-corrected chi connectivity index (χ1v) is 14.1. The van der Waals surface area contributed by atoms with E-state index in [4.69, 9.17) is 16.9 Å². The number of benzene rings is 1. The van der Waals surface area contributed by atoms with Gasteiger partial charge in [0.1, 0.15) is 17.7 Å². The third-order valence-corrected chi connectivity index (χ3v) is 6.31. The number of hydrogen-bond donors (Lipinski definition) is 3. The smallest absolute Gasteiger partial charge is 0.408 e. The third kappa shape index (κ3) is 12.1. The van der Waals surface area contributed by atoms with Crippen molar-refractivity contribution in [1.29, 1.82) is 0 Å². The average molecular weight is 557 g/mol. The molecular weight excluding hydrogens is 508 g/mol. The van der Waals surface area contributed by atoms with Crippen molar-refractivity contribution in [3.63, 3.8) is 0 Å². The first-order valence-electron chi connectivity index (χ1n) is 14.1. The van der Waals surface area contributed by atoms with Crippen molar-refractivity contribution in [3.8, 4) is 12.3 Å². The van der Waals surface area contributed by atoms with Gasteiger partial charge in [-0.1, -0.05) is 45.2 Å². The van der Waals surface area contributed by atoms with Gasteiger partial charge in [-0.25, -0.2) is 4.79 Å². The summed E-state index contributed by atoms with van der Waals surface area (Å²) in [5.41, 5.74) is 5.83. The number of nitrogens with zero attached hydrogens (tertiary/aromatic N) is 1. The molecule has 0 aliphatic rings. The number of ether oxygens (including phenoxy) is 1. The maximum absolute atomic E-state index is 14.3. The first-order chi connectivity index (χ1) is 18.7. The van der Waals surface area contributed by atoms with Crippen LogP contribution in [0.2, 0.25) is 0 Å². The molecule has 9 heteroatoms. The van der Waals surface area contributed by atoms with Gasteiger partial charge in [-0.15, -0.1) is 6.42 Å². The Balaban J connectivity index is 3.63. The van der Waals surface area contributed by atoms with Crippen LogP contribution in [-0.4, -0.2) is 52.9 Å². The van der Waals surface area contributed by atoms with Crippen LogP contribution in [0.4, 0.5) is 4.79 Å². The molecule has 0 heterocycles. The zero-order valence-corrected chi connectivity index (χ0v) is 25.2. The molecule has 3 unspecified atom stereocenters. The molecule has 1 aromatic carbocycles. The van der Waals surface area contributed by atoms with E-state index in [9.17, 15) is 19.2 Å². The molecule has 0 spiro atoms. The topological polar surface area (TPSA) is 131 Å². The van der Waals surface area contributed by atoms with E-state index in [2.05, 4.69) is 30.4 Å². The summed E-state index contributed by atoms with van der Waals surface area (Å²) in [6, 6.07) is 4.44. The second-order valence-electron chi connectivity index (χ2n) is 11.6. The standard InChI is InChI=1S/C31H48N4O5/c1-9-11-20-33-28(37)27(24-16-14-23(10-2)15-17-24)35(22(5)13-12-21(3)4)29(38)25(18-19-26(32)36)34-30(39)40-31(6,7)8/h2,14-17,21-22,25,27H,9,11-13,18-20H2,1,3-8H3,(H2,32,36)(H,33,37)(H,34,39). The molecule has 0 bridgehead atoms. The lowest BCUT2D eigenvalue weighted by molar-refractivity contribution is -0.145. The molecule has 222 valence electrons. The van der Waals surface area contributed by atoms with E-state index >= 15 is 0 Å². The van der Waals surface area contributed by atoms with Crippen LogP contribution < -0.4 is 16.4 Å². The summed E-state index contributed by atoms with van der Waals surface area (Å²) >= 11 is 0. The largest absolute Gasteiger partial charge is 0.444 e. The van der Waals surface area contributed by atoms with Crippen LogP contribution in [0.15, 0.2) is 24.3 Å². The fourth-order valence-electron chi connectivity index (χ4n) is 4.17. The number of amides is 4. The van der Waals surface area contributed by atoms with Crippen LogP contribution in [0.5, 0.6) is 0 Å². The average Bonchev–Trinajstić information content (AvgIpc) is 2.86. The van der Waals surface area contributed by atoms with Gasteiger partial charge in [0.2, 0.25) is 17.7 Å². The van der Waals surface area contributed by atoms with Gasteiger partial charge < -0.3 is 26.0 Å². The highest BCUT2D eigenvalue weighted by molar-refractivity contribution is 5.92. The Morgan fingerprint density at radius 1 is 1.05 bits per heavy atom. The van der Waals surface area contributed by atoms with Gasteiger partial charge in [-0.05, 0) is 77.0 Å². The Morgan fingerprint density at radius 3 is 2.17 bits per heavy atom. The predicted molar refractivity (Wildman–Crippen MR) is 157 cm³/mol. The lowest BCUT2D eigenvalue weighted by atomic mass is 9.96. The highest BCUT2D eigenvalue weighted by Gasteiger charge is 2.38. The monoisotopic (exact) mass is 556 g/mol. The summed E-state index contributed by atoms with van der Waals surface area (Å²) in [5.74, 6) is 1.50. The summed E-state index contributed by atoms with van der Waals surface area (Å²) in [6.45, 7) is 13.7. The third-order valence-electron chi connectivity index (χ3n) is 6.31. The first kappa shape index (κ1) is 34.5. The van der Waals surface area contributed by atoms with Crippen molar-refractivity contribution >= 4 is 23.8 Å². The van der Waals surface area contributed by atoms with E-state index in [1.807, 2.05) is 13.8 Å². The fraction of sp³-hybridized carbons (Fsp3) is 0.613. The van der Waals surface area contributed by atoms with Crippen LogP contribution in [-0.2, 0) is 19.1 Å². The van der Waals surface area contributed by atoms with E-state index in [0.717, 1.165) is 19.3 Å². The van der Waals surface area contributed by atoms with Crippen molar-refractivity contribution in [3.05, 3.63) is 35.4 Å². The number of carbonyl (C=O) groups excluding carboxylic acids is 4. The van der Waals surface area contributed by atoms with E-state index in [0.29, 0.717) is 30.0 Å². The molecule has 0 aromatic heterocycles. The molecule has 1 aromatic rings. The number of rotatable bonds is 15. The molecule has 9 nitrogen and oxygen atoms in total. The fourth-order valence-corrected chi connectivity index (χ4v) is 4.17. The normalized spacial score (nSPS) is 13.5. The molecular formula is C31H48N4O5. The van der Waals surface area contributed by atoms with E-state index < -0.39 is 35.6 Å². The number of nitrogens with two attached hydrogens (primary N) is 1. The molecule has 0 saturated carbocycles. The van der Waals surface area contributed by atoms with Crippen molar-refractivity contribution < 1.29 is 23.9 Å². The maximum atomic E-state index is 14.3. The number of carbonyl (C=O) groups is 4. The van der Waals surface area contributed by atoms with E-state index in [1.54, 1.807) is 45.0 Å². The second kappa shape index (κ2) is 16.5. The zero-order valence-electron chi connectivity index (χ0n) is 25.2. The Labute approximate surface area is 240 Å². The summed E-state index contributed by atoms with van der Waals surface area (Å²) < 4.78 is 5.39. The van der Waals surface area contributed by atoms with Crippen LogP contribution in [0.25, 0.3) is 0 Å². The highest BCUT2D eigenvalue weighted by Crippen LogP contribution is 2.28. The van der Waals surface area contributed by atoms with Gasteiger partial charge in [-0.3, -0.25) is 14.4 Å². The van der Waals surface area contributed by atoms with Gasteiger partial charge in [0.05, 0.1) is 0 Å². The second-order valence-corrected chi connectivity index (χ2v) is 11.6. The molecule has 0 aliphatic carbocycles. The van der Waals surface area contributed by atoms with Gasteiger partial charge in [-0.2, -0.15) is 0 Å². The van der Waals surface area contributed by atoms with E-state index in [-0.39, 0.29) is 24.8 Å². The highest BCUT2D eigenvalue weighted by atomic mass is 16.6. The van der Waals surface area contributed by atoms with Crippen molar-refractivity contribution in [1.82, 2.24) is 15.5 Å². The lowest BCUT2D eigenvalue weighted by Crippen LogP contribution is -2.55. The van der Waals surface area contributed by atoms with Crippen LogP contribution in [0, 0.1) is 18.3 Å². The Hall–Kier alpha value is -3.54. The van der Waals surface area contributed by atoms with Gasteiger partial charge >= 0.3 is 6.09 Å². The Kier molecular flexibility index (Phi) is 14.3. The van der Waals surface area contributed by atoms with E-state index in [1.165, 1.54) is 4.90 Å². The number of primary amides is 1. The Bertz CT molecular complexity index is 1020. The molecule has 0 aliphatic heterocycles. The summed E-state index contributed by atoms with van der Waals surface area (Å²) in [4.78, 5) is 54.0. The molecule has 4 N–H and O–H groups in total. The maximum Gasteiger partial charge on any atom is 0.408 e. The van der Waals surface area contributed by atoms with Crippen molar-refractivity contribution in [2.45, 2.75) is 111 Å². The van der Waals surface area contributed by atoms with Gasteiger partial charge in [0.25, 0.3) is 0 Å². The molecule has 0 fully saturated rings. The molecule has 0 radical (unpaired) electrons. The van der Waals surface area contributed by atoms with Crippen LogP contribution >= 0.6 is 0 Å². The molecule has 4 amide bonds. The minimum atomic E-state index is -1.14. The predicted octanol–water partition coefficient (Wildman–Crippen LogP) is 4.44. The van der Waals surface area contributed by atoms with Crippen molar-refractivity contribution in [2.75, 3.05) is 6.54 Å². The number of alkyl carbamates (subject to hydrolysis) is 1. The molecule has 1 rings (SSSR count). The molecule has 40 heavy (non-hydrogen) atoms.